The van der Waals surface area contributed by atoms with Crippen LogP contribution in [0, 0.1) is 5.92 Å². The zero-order valence-corrected chi connectivity index (χ0v) is 26.6. The van der Waals surface area contributed by atoms with E-state index in [1.165, 1.54) is 0 Å². The number of carbonyl (C=O) groups excluding carboxylic acids is 3. The Kier molecular flexibility index (Phi) is 11.4. The summed E-state index contributed by atoms with van der Waals surface area (Å²) in [5.74, 6) is -0.683. The maximum absolute atomic E-state index is 12.3. The van der Waals surface area contributed by atoms with Gasteiger partial charge in [-0.2, -0.15) is 0 Å². The van der Waals surface area contributed by atoms with Gasteiger partial charge in [0.05, 0.1) is 19.1 Å². The molecule has 7 heteroatoms. The third-order valence-electron chi connectivity index (χ3n) is 7.21. The maximum atomic E-state index is 12.3. The van der Waals surface area contributed by atoms with Gasteiger partial charge in [-0.15, -0.1) is 0 Å². The molecule has 0 amide bonds. The first-order valence-corrected chi connectivity index (χ1v) is 14.9. The van der Waals surface area contributed by atoms with Gasteiger partial charge in [0.1, 0.15) is 11.5 Å². The third-order valence-corrected chi connectivity index (χ3v) is 7.21. The summed E-state index contributed by atoms with van der Waals surface area (Å²) in [6.07, 6.45) is 0.577. The Morgan fingerprint density at radius 1 is 0.652 bits per heavy atom. The molecule has 0 fully saturated rings. The summed E-state index contributed by atoms with van der Waals surface area (Å²) >= 11 is 0. The number of carbonyl (C=O) groups is 3. The number of methoxy groups -OCH3 is 1. The normalized spacial score (nSPS) is 11.3. The third kappa shape index (κ3) is 8.89. The quantitative estimate of drug-likeness (QED) is 0.0852. The second-order valence-electron chi connectivity index (χ2n) is 11.1. The van der Waals surface area contributed by atoms with Gasteiger partial charge >= 0.3 is 17.9 Å². The van der Waals surface area contributed by atoms with Crippen molar-refractivity contribution in [2.45, 2.75) is 27.2 Å². The fourth-order valence-electron chi connectivity index (χ4n) is 4.60. The summed E-state index contributed by atoms with van der Waals surface area (Å²) in [5, 5.41) is 0. The molecular formula is C39H38O7. The Labute approximate surface area is 270 Å². The number of hydrogen-bond donors (Lipinski definition) is 0. The molecule has 0 aliphatic heterocycles. The Balaban J connectivity index is 1.57. The predicted octanol–water partition coefficient (Wildman–Crippen LogP) is 8.02. The van der Waals surface area contributed by atoms with Gasteiger partial charge in [0.25, 0.3) is 0 Å². The lowest BCUT2D eigenvalue weighted by atomic mass is 9.92. The highest BCUT2D eigenvalue weighted by molar-refractivity contribution is 5.90. The Bertz CT molecular complexity index is 1720. The van der Waals surface area contributed by atoms with E-state index >= 15 is 0 Å². The van der Waals surface area contributed by atoms with Crippen LogP contribution >= 0.6 is 0 Å². The fourth-order valence-corrected chi connectivity index (χ4v) is 4.60. The highest BCUT2D eigenvalue weighted by Crippen LogP contribution is 2.36. The van der Waals surface area contributed by atoms with E-state index in [1.54, 1.807) is 46.1 Å². The molecule has 0 heterocycles. The highest BCUT2D eigenvalue weighted by Gasteiger charge is 2.15. The minimum atomic E-state index is -0.492. The van der Waals surface area contributed by atoms with Gasteiger partial charge in [-0.1, -0.05) is 79.9 Å². The van der Waals surface area contributed by atoms with E-state index in [2.05, 4.69) is 13.2 Å². The molecule has 0 aliphatic carbocycles. The predicted molar refractivity (Wildman–Crippen MR) is 179 cm³/mol. The minimum absolute atomic E-state index is 0.276. The van der Waals surface area contributed by atoms with Crippen LogP contribution in [0.4, 0.5) is 0 Å². The maximum Gasteiger partial charge on any atom is 0.338 e. The zero-order chi connectivity index (χ0) is 33.2. The summed E-state index contributed by atoms with van der Waals surface area (Å²) < 4.78 is 21.3. The second-order valence-corrected chi connectivity index (χ2v) is 11.1. The van der Waals surface area contributed by atoms with Gasteiger partial charge in [0.2, 0.25) is 0 Å². The van der Waals surface area contributed by atoms with Gasteiger partial charge < -0.3 is 18.9 Å². The van der Waals surface area contributed by atoms with Crippen LogP contribution in [0.2, 0.25) is 0 Å². The highest BCUT2D eigenvalue weighted by atomic mass is 16.5. The molecular weight excluding hydrogens is 580 g/mol. The van der Waals surface area contributed by atoms with Crippen LogP contribution in [0.5, 0.6) is 11.5 Å². The van der Waals surface area contributed by atoms with Crippen molar-refractivity contribution in [1.82, 2.24) is 0 Å². The van der Waals surface area contributed by atoms with Crippen molar-refractivity contribution in [3.05, 3.63) is 121 Å². The molecule has 1 atom stereocenters. The molecule has 0 saturated carbocycles. The fraction of sp³-hybridized carbons (Fsp3) is 0.205. The molecule has 0 N–H and O–H groups in total. The van der Waals surface area contributed by atoms with Crippen LogP contribution in [0.25, 0.3) is 33.4 Å². The van der Waals surface area contributed by atoms with Crippen LogP contribution < -0.4 is 9.47 Å². The number of ether oxygens (including phenoxy) is 4. The standard InChI is InChI=1S/C39H38O7/c1-25(2)37(40)45-33-17-15-30(16-18-33)29-11-13-31(14-12-29)35-20-19-34(46-38(41)26(3)4)23-36(35)32-9-7-28(8-10-32)21-22-44-39(42)27(5)24-43-6/h7-20,23,27H,1,3,21-22,24H2,2,4-6H3. The summed E-state index contributed by atoms with van der Waals surface area (Å²) in [7, 11) is 1.56. The van der Waals surface area contributed by atoms with E-state index in [-0.39, 0.29) is 18.5 Å². The topological polar surface area (TPSA) is 88.1 Å². The molecule has 1 unspecified atom stereocenters. The van der Waals surface area contributed by atoms with E-state index in [0.29, 0.717) is 35.7 Å². The summed E-state index contributed by atoms with van der Waals surface area (Å²) in [6, 6.07) is 29.0. The van der Waals surface area contributed by atoms with E-state index < -0.39 is 11.9 Å². The average Bonchev–Trinajstić information content (AvgIpc) is 3.05. The van der Waals surface area contributed by atoms with E-state index in [1.807, 2.05) is 72.8 Å². The lowest BCUT2D eigenvalue weighted by Crippen LogP contribution is -2.20. The Hall–Kier alpha value is -5.27. The van der Waals surface area contributed by atoms with Gasteiger partial charge in [-0.3, -0.25) is 4.79 Å². The molecule has 0 bridgehead atoms. The van der Waals surface area contributed by atoms with Crippen LogP contribution in [-0.4, -0.2) is 38.2 Å². The average molecular weight is 619 g/mol. The van der Waals surface area contributed by atoms with Crippen molar-refractivity contribution in [2.24, 2.45) is 5.92 Å². The van der Waals surface area contributed by atoms with Crippen molar-refractivity contribution in [2.75, 3.05) is 20.3 Å². The summed E-state index contributed by atoms with van der Waals surface area (Å²) in [5.41, 5.74) is 7.38. The zero-order valence-electron chi connectivity index (χ0n) is 26.6. The van der Waals surface area contributed by atoms with Crippen LogP contribution in [0.1, 0.15) is 26.3 Å². The Morgan fingerprint density at radius 2 is 1.13 bits per heavy atom. The molecule has 7 nitrogen and oxygen atoms in total. The lowest BCUT2D eigenvalue weighted by Gasteiger charge is -2.14. The SMILES string of the molecule is C=C(C)C(=O)Oc1ccc(-c2ccc(-c3ccc(OC(=O)C(=C)C)cc3-c3ccc(CCOC(=O)C(C)COC)cc3)cc2)cc1. The first-order chi connectivity index (χ1) is 22.0. The molecule has 0 aromatic heterocycles. The minimum Gasteiger partial charge on any atom is -0.465 e. The molecule has 0 radical (unpaired) electrons. The smallest absolute Gasteiger partial charge is 0.338 e. The van der Waals surface area contributed by atoms with Crippen molar-refractivity contribution in [3.63, 3.8) is 0 Å². The summed E-state index contributed by atoms with van der Waals surface area (Å²) in [4.78, 5) is 36.2. The van der Waals surface area contributed by atoms with E-state index in [4.69, 9.17) is 18.9 Å². The van der Waals surface area contributed by atoms with Crippen molar-refractivity contribution in [1.29, 1.82) is 0 Å². The van der Waals surface area contributed by atoms with Crippen molar-refractivity contribution >= 4 is 17.9 Å². The van der Waals surface area contributed by atoms with Crippen molar-refractivity contribution < 1.29 is 33.3 Å². The van der Waals surface area contributed by atoms with Crippen LogP contribution in [-0.2, 0) is 30.3 Å². The first kappa shape index (κ1) is 33.6. The Morgan fingerprint density at radius 3 is 1.70 bits per heavy atom. The number of rotatable bonds is 13. The molecule has 46 heavy (non-hydrogen) atoms. The van der Waals surface area contributed by atoms with E-state index in [0.717, 1.165) is 38.9 Å². The molecule has 4 rings (SSSR count). The van der Waals surface area contributed by atoms with Gasteiger partial charge in [-0.05, 0) is 84.0 Å². The monoisotopic (exact) mass is 618 g/mol. The number of esters is 3. The van der Waals surface area contributed by atoms with Gasteiger partial charge in [0.15, 0.2) is 0 Å². The molecule has 0 aliphatic rings. The van der Waals surface area contributed by atoms with Gasteiger partial charge in [-0.25, -0.2) is 9.59 Å². The molecule has 236 valence electrons. The number of benzene rings is 4. The van der Waals surface area contributed by atoms with E-state index in [9.17, 15) is 14.4 Å². The molecule has 4 aromatic carbocycles. The summed E-state index contributed by atoms with van der Waals surface area (Å²) in [6.45, 7) is 12.9. The van der Waals surface area contributed by atoms with Crippen molar-refractivity contribution in [3.8, 4) is 44.9 Å². The molecule has 0 spiro atoms. The largest absolute Gasteiger partial charge is 0.465 e. The second kappa shape index (κ2) is 15.6. The molecule has 4 aromatic rings. The number of hydrogen-bond acceptors (Lipinski definition) is 7. The van der Waals surface area contributed by atoms with Crippen LogP contribution in [0.3, 0.4) is 0 Å². The first-order valence-electron chi connectivity index (χ1n) is 14.9. The lowest BCUT2D eigenvalue weighted by molar-refractivity contribution is -0.149. The van der Waals surface area contributed by atoms with Gasteiger partial charge in [0, 0.05) is 24.7 Å². The van der Waals surface area contributed by atoms with Crippen LogP contribution in [0.15, 0.2) is 115 Å². The molecule has 0 saturated heterocycles.